The van der Waals surface area contributed by atoms with Gasteiger partial charge in [-0.3, -0.25) is 9.69 Å². The highest BCUT2D eigenvalue weighted by molar-refractivity contribution is 5.78. The summed E-state index contributed by atoms with van der Waals surface area (Å²) >= 11 is 0. The van der Waals surface area contributed by atoms with E-state index in [0.29, 0.717) is 19.1 Å². The number of carbonyl (C=O) groups is 1. The van der Waals surface area contributed by atoms with Crippen molar-refractivity contribution in [3.63, 3.8) is 0 Å². The van der Waals surface area contributed by atoms with Crippen LogP contribution in [0.4, 0.5) is 0 Å². The molecular formula is C20H26N2O2. The number of furan rings is 1. The molecule has 1 aromatic heterocycles. The van der Waals surface area contributed by atoms with E-state index >= 15 is 0 Å². The minimum absolute atomic E-state index is 0.0152. The van der Waals surface area contributed by atoms with Crippen molar-refractivity contribution in [2.24, 2.45) is 0 Å². The van der Waals surface area contributed by atoms with E-state index in [4.69, 9.17) is 4.42 Å². The lowest BCUT2D eigenvalue weighted by molar-refractivity contribution is -0.123. The highest BCUT2D eigenvalue weighted by Gasteiger charge is 2.31. The summed E-state index contributed by atoms with van der Waals surface area (Å²) in [4.78, 5) is 14.7. The van der Waals surface area contributed by atoms with E-state index < -0.39 is 0 Å². The van der Waals surface area contributed by atoms with Crippen molar-refractivity contribution in [3.05, 3.63) is 59.0 Å². The highest BCUT2D eigenvalue weighted by Crippen LogP contribution is 2.28. The predicted molar refractivity (Wildman–Crippen MR) is 94.6 cm³/mol. The van der Waals surface area contributed by atoms with Gasteiger partial charge in [0.2, 0.25) is 5.91 Å². The summed E-state index contributed by atoms with van der Waals surface area (Å²) in [5.41, 5.74) is 3.68. The number of hydrogen-bond acceptors (Lipinski definition) is 3. The van der Waals surface area contributed by atoms with Gasteiger partial charge in [-0.15, -0.1) is 0 Å². The van der Waals surface area contributed by atoms with Crippen LogP contribution in [0.25, 0.3) is 0 Å². The third kappa shape index (κ3) is 4.26. The van der Waals surface area contributed by atoms with Crippen LogP contribution in [-0.2, 0) is 11.3 Å². The van der Waals surface area contributed by atoms with Gasteiger partial charge in [0, 0.05) is 6.04 Å². The Morgan fingerprint density at radius 1 is 1.29 bits per heavy atom. The standard InChI is InChI=1S/C20H26N2O2/c1-14-6-7-17(11-15(14)2)16(3)21-20(23)13-22(18-8-9-18)12-19-5-4-10-24-19/h4-7,10-11,16,18H,8-9,12-13H2,1-3H3,(H,21,23). The van der Waals surface area contributed by atoms with Crippen LogP contribution in [0.1, 0.15) is 48.3 Å². The smallest absolute Gasteiger partial charge is 0.234 e. The fourth-order valence-electron chi connectivity index (χ4n) is 2.95. The Balaban J connectivity index is 1.57. The summed E-state index contributed by atoms with van der Waals surface area (Å²) in [6.45, 7) is 7.36. The first kappa shape index (κ1) is 16.8. The molecule has 24 heavy (non-hydrogen) atoms. The van der Waals surface area contributed by atoms with Gasteiger partial charge in [0.1, 0.15) is 5.76 Å². The van der Waals surface area contributed by atoms with Crippen molar-refractivity contribution in [1.29, 1.82) is 0 Å². The van der Waals surface area contributed by atoms with E-state index in [-0.39, 0.29) is 11.9 Å². The Hall–Kier alpha value is -2.07. The second kappa shape index (κ2) is 7.22. The number of aryl methyl sites for hydroxylation is 2. The number of carbonyl (C=O) groups excluding carboxylic acids is 1. The summed E-state index contributed by atoms with van der Waals surface area (Å²) in [6.07, 6.45) is 4.02. The van der Waals surface area contributed by atoms with Crippen LogP contribution in [0.5, 0.6) is 0 Å². The third-order valence-electron chi connectivity index (χ3n) is 4.76. The van der Waals surface area contributed by atoms with E-state index in [2.05, 4.69) is 42.3 Å². The van der Waals surface area contributed by atoms with Crippen molar-refractivity contribution in [2.75, 3.05) is 6.54 Å². The molecule has 2 aromatic rings. The topological polar surface area (TPSA) is 45.5 Å². The predicted octanol–water partition coefficient (Wildman–Crippen LogP) is 3.74. The Bertz CT molecular complexity index is 690. The van der Waals surface area contributed by atoms with E-state index in [0.717, 1.165) is 11.3 Å². The number of amides is 1. The van der Waals surface area contributed by atoms with Crippen LogP contribution in [0.2, 0.25) is 0 Å². The van der Waals surface area contributed by atoms with Gasteiger partial charge < -0.3 is 9.73 Å². The zero-order chi connectivity index (χ0) is 17.1. The molecule has 1 aliphatic carbocycles. The van der Waals surface area contributed by atoms with E-state index in [1.165, 1.54) is 24.0 Å². The maximum atomic E-state index is 12.5. The molecule has 0 spiro atoms. The van der Waals surface area contributed by atoms with Gasteiger partial charge in [-0.2, -0.15) is 0 Å². The van der Waals surface area contributed by atoms with Crippen molar-refractivity contribution in [1.82, 2.24) is 10.2 Å². The molecule has 3 rings (SSSR count). The van der Waals surface area contributed by atoms with E-state index in [1.54, 1.807) is 6.26 Å². The fourth-order valence-corrected chi connectivity index (χ4v) is 2.95. The van der Waals surface area contributed by atoms with E-state index in [9.17, 15) is 4.79 Å². The van der Waals surface area contributed by atoms with Crippen LogP contribution in [0, 0.1) is 13.8 Å². The van der Waals surface area contributed by atoms with Crippen molar-refractivity contribution in [2.45, 2.75) is 52.2 Å². The molecule has 128 valence electrons. The van der Waals surface area contributed by atoms with Crippen molar-refractivity contribution in [3.8, 4) is 0 Å². The Morgan fingerprint density at radius 3 is 2.71 bits per heavy atom. The second-order valence-electron chi connectivity index (χ2n) is 6.85. The van der Waals surface area contributed by atoms with Crippen molar-refractivity contribution < 1.29 is 9.21 Å². The Morgan fingerprint density at radius 2 is 2.08 bits per heavy atom. The maximum absolute atomic E-state index is 12.5. The number of nitrogens with zero attached hydrogens (tertiary/aromatic N) is 1. The average molecular weight is 326 g/mol. The summed E-state index contributed by atoms with van der Waals surface area (Å²) in [7, 11) is 0. The summed E-state index contributed by atoms with van der Waals surface area (Å²) in [5.74, 6) is 0.982. The lowest BCUT2D eigenvalue weighted by atomic mass is 10.0. The zero-order valence-corrected chi connectivity index (χ0v) is 14.7. The molecule has 1 N–H and O–H groups in total. The molecule has 1 saturated carbocycles. The Kier molecular flexibility index (Phi) is 5.05. The first-order chi connectivity index (χ1) is 11.5. The third-order valence-corrected chi connectivity index (χ3v) is 4.76. The molecule has 1 amide bonds. The lowest BCUT2D eigenvalue weighted by Gasteiger charge is -2.22. The molecule has 0 radical (unpaired) electrons. The van der Waals surface area contributed by atoms with Gasteiger partial charge in [0.15, 0.2) is 0 Å². The van der Waals surface area contributed by atoms with Gasteiger partial charge in [0.25, 0.3) is 0 Å². The lowest BCUT2D eigenvalue weighted by Crippen LogP contribution is -2.39. The molecular weight excluding hydrogens is 300 g/mol. The maximum Gasteiger partial charge on any atom is 0.234 e. The Labute approximate surface area is 143 Å². The second-order valence-corrected chi connectivity index (χ2v) is 6.85. The molecule has 1 heterocycles. The number of nitrogens with one attached hydrogen (secondary N) is 1. The van der Waals surface area contributed by atoms with Crippen LogP contribution < -0.4 is 5.32 Å². The van der Waals surface area contributed by atoms with Crippen LogP contribution in [0.15, 0.2) is 41.0 Å². The monoisotopic (exact) mass is 326 g/mol. The molecule has 0 bridgehead atoms. The quantitative estimate of drug-likeness (QED) is 0.843. The molecule has 0 saturated heterocycles. The first-order valence-electron chi connectivity index (χ1n) is 8.66. The first-order valence-corrected chi connectivity index (χ1v) is 8.66. The molecule has 0 aliphatic heterocycles. The SMILES string of the molecule is Cc1ccc(C(C)NC(=O)CN(Cc2ccco2)C2CC2)cc1C. The molecule has 4 nitrogen and oxygen atoms in total. The minimum atomic E-state index is 0.0152. The van der Waals surface area contributed by atoms with Gasteiger partial charge in [-0.05, 0) is 62.4 Å². The number of hydrogen-bond donors (Lipinski definition) is 1. The molecule has 1 unspecified atom stereocenters. The number of benzene rings is 1. The van der Waals surface area contributed by atoms with Gasteiger partial charge in [0.05, 0.1) is 25.4 Å². The van der Waals surface area contributed by atoms with Gasteiger partial charge in [-0.1, -0.05) is 18.2 Å². The van der Waals surface area contributed by atoms with Gasteiger partial charge >= 0.3 is 0 Å². The number of rotatable bonds is 7. The highest BCUT2D eigenvalue weighted by atomic mass is 16.3. The molecule has 1 fully saturated rings. The largest absolute Gasteiger partial charge is 0.468 e. The van der Waals surface area contributed by atoms with Crippen LogP contribution in [0.3, 0.4) is 0 Å². The van der Waals surface area contributed by atoms with Crippen LogP contribution >= 0.6 is 0 Å². The average Bonchev–Trinajstić information content (AvgIpc) is 3.27. The fraction of sp³-hybridized carbons (Fsp3) is 0.450. The summed E-state index contributed by atoms with van der Waals surface area (Å²) < 4.78 is 5.42. The van der Waals surface area contributed by atoms with Crippen molar-refractivity contribution >= 4 is 5.91 Å². The molecule has 1 atom stereocenters. The molecule has 1 aromatic carbocycles. The normalized spacial score (nSPS) is 15.5. The van der Waals surface area contributed by atoms with Gasteiger partial charge in [-0.25, -0.2) is 0 Å². The molecule has 1 aliphatic rings. The zero-order valence-electron chi connectivity index (χ0n) is 14.7. The van der Waals surface area contributed by atoms with E-state index in [1.807, 2.05) is 19.1 Å². The molecule has 4 heteroatoms. The summed E-state index contributed by atoms with van der Waals surface area (Å²) in [5, 5.41) is 3.12. The minimum Gasteiger partial charge on any atom is -0.468 e. The summed E-state index contributed by atoms with van der Waals surface area (Å²) in [6, 6.07) is 10.7. The van der Waals surface area contributed by atoms with Crippen LogP contribution in [-0.4, -0.2) is 23.4 Å².